The maximum atomic E-state index is 12.9. The third-order valence-corrected chi connectivity index (χ3v) is 4.35. The van der Waals surface area contributed by atoms with Crippen LogP contribution in [0.5, 0.6) is 5.75 Å². The van der Waals surface area contributed by atoms with Crippen LogP contribution in [-0.2, 0) is 6.42 Å². The van der Waals surface area contributed by atoms with Crippen molar-refractivity contribution in [2.24, 2.45) is 0 Å². The van der Waals surface area contributed by atoms with Gasteiger partial charge in [0.1, 0.15) is 5.75 Å². The van der Waals surface area contributed by atoms with Crippen molar-refractivity contribution in [2.75, 3.05) is 18.6 Å². The molecule has 0 fully saturated rings. The SMILES string of the molecule is COc1ccc2c(c1)CCCN2C(=O)c1cnn(-c2ccccc2)n1. The van der Waals surface area contributed by atoms with E-state index in [0.717, 1.165) is 35.5 Å². The summed E-state index contributed by atoms with van der Waals surface area (Å²) in [6.07, 6.45) is 3.37. The van der Waals surface area contributed by atoms with Crippen molar-refractivity contribution >= 4 is 11.6 Å². The molecule has 6 nitrogen and oxygen atoms in total. The Morgan fingerprint density at radius 2 is 2.00 bits per heavy atom. The molecule has 4 rings (SSSR count). The van der Waals surface area contributed by atoms with E-state index in [1.54, 1.807) is 12.0 Å². The van der Waals surface area contributed by atoms with Gasteiger partial charge in [0.15, 0.2) is 5.69 Å². The molecule has 0 bridgehead atoms. The minimum atomic E-state index is -0.131. The second-order valence-electron chi connectivity index (χ2n) is 5.91. The fourth-order valence-corrected chi connectivity index (χ4v) is 3.10. The molecule has 0 spiro atoms. The smallest absolute Gasteiger partial charge is 0.280 e. The summed E-state index contributed by atoms with van der Waals surface area (Å²) in [5.41, 5.74) is 3.21. The van der Waals surface area contributed by atoms with Gasteiger partial charge in [-0.05, 0) is 48.7 Å². The lowest BCUT2D eigenvalue weighted by Gasteiger charge is -2.29. The van der Waals surface area contributed by atoms with Crippen LogP contribution in [0.3, 0.4) is 0 Å². The van der Waals surface area contributed by atoms with Gasteiger partial charge in [0, 0.05) is 12.2 Å². The van der Waals surface area contributed by atoms with E-state index in [0.29, 0.717) is 12.2 Å². The van der Waals surface area contributed by atoms with Gasteiger partial charge in [0.2, 0.25) is 0 Å². The van der Waals surface area contributed by atoms with Crippen LogP contribution in [0, 0.1) is 0 Å². The molecule has 1 aliphatic heterocycles. The minimum absolute atomic E-state index is 0.131. The van der Waals surface area contributed by atoms with Gasteiger partial charge in [-0.1, -0.05) is 18.2 Å². The van der Waals surface area contributed by atoms with Crippen molar-refractivity contribution in [3.63, 3.8) is 0 Å². The Balaban J connectivity index is 1.64. The maximum absolute atomic E-state index is 12.9. The molecule has 0 atom stereocenters. The van der Waals surface area contributed by atoms with Gasteiger partial charge in [0.05, 0.1) is 19.0 Å². The number of hydrogen-bond donors (Lipinski definition) is 0. The number of aromatic nitrogens is 3. The Hall–Kier alpha value is -3.15. The van der Waals surface area contributed by atoms with Crippen molar-refractivity contribution in [2.45, 2.75) is 12.8 Å². The number of carbonyl (C=O) groups excluding carboxylic acids is 1. The highest BCUT2D eigenvalue weighted by Crippen LogP contribution is 2.31. The highest BCUT2D eigenvalue weighted by molar-refractivity contribution is 6.05. The molecule has 0 saturated heterocycles. The van der Waals surface area contributed by atoms with E-state index in [-0.39, 0.29) is 5.91 Å². The molecular weight excluding hydrogens is 316 g/mol. The summed E-state index contributed by atoms with van der Waals surface area (Å²) in [6.45, 7) is 0.677. The Kier molecular flexibility index (Phi) is 3.93. The third kappa shape index (κ3) is 2.87. The zero-order valence-corrected chi connectivity index (χ0v) is 13.9. The van der Waals surface area contributed by atoms with Gasteiger partial charge >= 0.3 is 0 Å². The topological polar surface area (TPSA) is 60.2 Å². The lowest BCUT2D eigenvalue weighted by Crippen LogP contribution is -2.35. The lowest BCUT2D eigenvalue weighted by molar-refractivity contribution is 0.0980. The van der Waals surface area contributed by atoms with E-state index in [9.17, 15) is 4.79 Å². The summed E-state index contributed by atoms with van der Waals surface area (Å²) < 4.78 is 5.28. The number of nitrogens with zero attached hydrogens (tertiary/aromatic N) is 4. The normalized spacial score (nSPS) is 13.4. The molecule has 126 valence electrons. The van der Waals surface area contributed by atoms with Crippen LogP contribution in [0.25, 0.3) is 5.69 Å². The molecule has 0 aliphatic carbocycles. The Labute approximate surface area is 145 Å². The molecule has 3 aromatic rings. The van der Waals surface area contributed by atoms with E-state index >= 15 is 0 Å². The van der Waals surface area contributed by atoms with Crippen LogP contribution < -0.4 is 9.64 Å². The molecule has 0 radical (unpaired) electrons. The number of ether oxygens (including phenoxy) is 1. The van der Waals surface area contributed by atoms with Gasteiger partial charge in [-0.25, -0.2) is 0 Å². The molecular formula is C19H18N4O2. The van der Waals surface area contributed by atoms with Crippen LogP contribution >= 0.6 is 0 Å². The molecule has 0 unspecified atom stereocenters. The zero-order valence-electron chi connectivity index (χ0n) is 13.9. The summed E-state index contributed by atoms with van der Waals surface area (Å²) in [7, 11) is 1.65. The standard InChI is InChI=1S/C19H18N4O2/c1-25-16-9-10-18-14(12-16)6-5-11-22(18)19(24)17-13-20-23(21-17)15-7-3-2-4-8-15/h2-4,7-10,12-13H,5-6,11H2,1H3. The molecule has 2 aromatic carbocycles. The van der Waals surface area contributed by atoms with Crippen molar-refractivity contribution in [3.8, 4) is 11.4 Å². The summed E-state index contributed by atoms with van der Waals surface area (Å²) in [4.78, 5) is 16.2. The van der Waals surface area contributed by atoms with Crippen molar-refractivity contribution in [3.05, 3.63) is 66.0 Å². The van der Waals surface area contributed by atoms with E-state index in [1.807, 2.05) is 48.5 Å². The fraction of sp³-hybridized carbons (Fsp3) is 0.211. The van der Waals surface area contributed by atoms with E-state index in [1.165, 1.54) is 11.0 Å². The van der Waals surface area contributed by atoms with Crippen LogP contribution in [-0.4, -0.2) is 34.6 Å². The van der Waals surface area contributed by atoms with Gasteiger partial charge < -0.3 is 9.64 Å². The predicted molar refractivity (Wildman–Crippen MR) is 94.4 cm³/mol. The summed E-state index contributed by atoms with van der Waals surface area (Å²) in [5, 5.41) is 8.58. The summed E-state index contributed by atoms with van der Waals surface area (Å²) in [5.74, 6) is 0.677. The van der Waals surface area contributed by atoms with Crippen LogP contribution in [0.4, 0.5) is 5.69 Å². The van der Waals surface area contributed by atoms with Crippen molar-refractivity contribution in [1.29, 1.82) is 0 Å². The van der Waals surface area contributed by atoms with Crippen molar-refractivity contribution in [1.82, 2.24) is 15.0 Å². The van der Waals surface area contributed by atoms with Crippen molar-refractivity contribution < 1.29 is 9.53 Å². The van der Waals surface area contributed by atoms with E-state index in [2.05, 4.69) is 10.2 Å². The molecule has 2 heterocycles. The fourth-order valence-electron chi connectivity index (χ4n) is 3.10. The number of benzene rings is 2. The molecule has 25 heavy (non-hydrogen) atoms. The van der Waals surface area contributed by atoms with Crippen LogP contribution in [0.15, 0.2) is 54.7 Å². The Morgan fingerprint density at radius 3 is 2.80 bits per heavy atom. The highest BCUT2D eigenvalue weighted by atomic mass is 16.5. The second-order valence-corrected chi connectivity index (χ2v) is 5.91. The first-order chi connectivity index (χ1) is 12.3. The number of rotatable bonds is 3. The number of fused-ring (bicyclic) bond motifs is 1. The Morgan fingerprint density at radius 1 is 1.16 bits per heavy atom. The first-order valence-corrected chi connectivity index (χ1v) is 8.23. The third-order valence-electron chi connectivity index (χ3n) is 4.35. The van der Waals surface area contributed by atoms with Gasteiger partial charge in [-0.15, -0.1) is 5.10 Å². The monoisotopic (exact) mass is 334 g/mol. The number of aryl methyl sites for hydroxylation is 1. The maximum Gasteiger partial charge on any atom is 0.280 e. The predicted octanol–water partition coefficient (Wildman–Crippen LogP) is 2.87. The average Bonchev–Trinajstić information content (AvgIpc) is 3.17. The first kappa shape index (κ1) is 15.4. The summed E-state index contributed by atoms with van der Waals surface area (Å²) in [6, 6.07) is 15.4. The van der Waals surface area contributed by atoms with Crippen LogP contribution in [0.1, 0.15) is 22.5 Å². The summed E-state index contributed by atoms with van der Waals surface area (Å²) >= 11 is 0. The molecule has 0 N–H and O–H groups in total. The molecule has 1 aliphatic rings. The first-order valence-electron chi connectivity index (χ1n) is 8.23. The number of methoxy groups -OCH3 is 1. The highest BCUT2D eigenvalue weighted by Gasteiger charge is 2.26. The number of anilines is 1. The van der Waals surface area contributed by atoms with Crippen LogP contribution in [0.2, 0.25) is 0 Å². The molecule has 0 saturated carbocycles. The van der Waals surface area contributed by atoms with Gasteiger partial charge in [-0.3, -0.25) is 4.79 Å². The second kappa shape index (κ2) is 6.39. The van der Waals surface area contributed by atoms with E-state index < -0.39 is 0 Å². The van der Waals surface area contributed by atoms with Gasteiger partial charge in [-0.2, -0.15) is 9.90 Å². The number of amides is 1. The number of carbonyl (C=O) groups is 1. The number of hydrogen-bond acceptors (Lipinski definition) is 4. The average molecular weight is 334 g/mol. The lowest BCUT2D eigenvalue weighted by atomic mass is 10.0. The zero-order chi connectivity index (χ0) is 17.2. The largest absolute Gasteiger partial charge is 0.497 e. The molecule has 1 aromatic heterocycles. The van der Waals surface area contributed by atoms with E-state index in [4.69, 9.17) is 4.74 Å². The van der Waals surface area contributed by atoms with Gasteiger partial charge in [0.25, 0.3) is 5.91 Å². The molecule has 1 amide bonds. The quantitative estimate of drug-likeness (QED) is 0.739. The minimum Gasteiger partial charge on any atom is -0.497 e. The molecule has 6 heteroatoms. The number of para-hydroxylation sites is 1. The Bertz CT molecular complexity index is 905.